The normalized spacial score (nSPS) is 16.2. The maximum Gasteiger partial charge on any atom is 0.321 e. The van der Waals surface area contributed by atoms with Crippen molar-refractivity contribution in [2.45, 2.75) is 19.4 Å². The number of benzene rings is 1. The molecule has 1 aromatic heterocycles. The third kappa shape index (κ3) is 4.53. The van der Waals surface area contributed by atoms with E-state index in [1.807, 2.05) is 31.2 Å². The second-order valence-electron chi connectivity index (χ2n) is 5.78. The molecule has 8 nitrogen and oxygen atoms in total. The summed E-state index contributed by atoms with van der Waals surface area (Å²) in [5.74, 6) is 1.63. The summed E-state index contributed by atoms with van der Waals surface area (Å²) in [5, 5.41) is 10.7. The molecule has 0 aliphatic carbocycles. The molecule has 1 atom stereocenters. The number of anilines is 1. The van der Waals surface area contributed by atoms with Crippen molar-refractivity contribution in [1.29, 1.82) is 0 Å². The highest BCUT2D eigenvalue weighted by atomic mass is 16.5. The number of rotatable bonds is 6. The molecule has 1 unspecified atom stereocenters. The number of carbonyl (C=O) groups excluding carboxylic acids is 1. The topological polar surface area (TPSA) is 85.8 Å². The Labute approximate surface area is 152 Å². The molecule has 1 aliphatic rings. The van der Waals surface area contributed by atoms with Crippen molar-refractivity contribution >= 4 is 11.7 Å². The van der Waals surface area contributed by atoms with Gasteiger partial charge in [-0.05, 0) is 31.2 Å². The minimum atomic E-state index is -0.152. The summed E-state index contributed by atoms with van der Waals surface area (Å²) in [7, 11) is 1.53. The van der Waals surface area contributed by atoms with Crippen LogP contribution in [0.15, 0.2) is 36.4 Å². The van der Waals surface area contributed by atoms with Crippen LogP contribution in [0.2, 0.25) is 0 Å². The van der Waals surface area contributed by atoms with Gasteiger partial charge in [0.1, 0.15) is 11.9 Å². The zero-order valence-electron chi connectivity index (χ0n) is 14.8. The van der Waals surface area contributed by atoms with Crippen LogP contribution in [-0.2, 0) is 0 Å². The summed E-state index contributed by atoms with van der Waals surface area (Å²) in [4.78, 5) is 14.1. The van der Waals surface area contributed by atoms with Gasteiger partial charge >= 0.3 is 6.03 Å². The molecule has 1 N–H and O–H groups in total. The SMILES string of the molecule is CCOc1ccc(NC(=O)N2CCC(Oc3ccc(OC)nn3)C2)cc1. The molecule has 0 radical (unpaired) electrons. The molecule has 2 amide bonds. The van der Waals surface area contributed by atoms with Crippen LogP contribution < -0.4 is 19.5 Å². The fourth-order valence-corrected chi connectivity index (χ4v) is 2.66. The molecule has 0 saturated carbocycles. The lowest BCUT2D eigenvalue weighted by Crippen LogP contribution is -2.34. The number of likely N-dealkylation sites (tertiary alicyclic amines) is 1. The van der Waals surface area contributed by atoms with E-state index in [4.69, 9.17) is 14.2 Å². The third-order valence-electron chi connectivity index (χ3n) is 3.96. The van der Waals surface area contributed by atoms with Crippen molar-refractivity contribution in [3.8, 4) is 17.5 Å². The number of ether oxygens (including phenoxy) is 3. The Morgan fingerprint density at radius 1 is 1.19 bits per heavy atom. The number of hydrogen-bond donors (Lipinski definition) is 1. The zero-order valence-corrected chi connectivity index (χ0v) is 14.8. The molecule has 0 bridgehead atoms. The highest BCUT2D eigenvalue weighted by Crippen LogP contribution is 2.20. The average Bonchev–Trinajstić information content (AvgIpc) is 3.13. The van der Waals surface area contributed by atoms with Crippen LogP contribution in [0.1, 0.15) is 13.3 Å². The maximum absolute atomic E-state index is 12.4. The molecule has 1 fully saturated rings. The highest BCUT2D eigenvalue weighted by molar-refractivity contribution is 5.89. The van der Waals surface area contributed by atoms with Gasteiger partial charge in [0.15, 0.2) is 0 Å². The number of aromatic nitrogens is 2. The highest BCUT2D eigenvalue weighted by Gasteiger charge is 2.28. The number of hydrogen-bond acceptors (Lipinski definition) is 6. The third-order valence-corrected chi connectivity index (χ3v) is 3.96. The smallest absolute Gasteiger partial charge is 0.321 e. The molecule has 138 valence electrons. The Balaban J connectivity index is 1.50. The van der Waals surface area contributed by atoms with E-state index in [9.17, 15) is 4.79 Å². The van der Waals surface area contributed by atoms with Crippen molar-refractivity contribution < 1.29 is 19.0 Å². The molecule has 26 heavy (non-hydrogen) atoms. The van der Waals surface area contributed by atoms with Crippen molar-refractivity contribution in [3.63, 3.8) is 0 Å². The van der Waals surface area contributed by atoms with Crippen LogP contribution in [-0.4, -0.2) is 54.0 Å². The number of carbonyl (C=O) groups is 1. The number of nitrogens with one attached hydrogen (secondary N) is 1. The van der Waals surface area contributed by atoms with Gasteiger partial charge in [0, 0.05) is 30.8 Å². The van der Waals surface area contributed by atoms with Gasteiger partial charge in [-0.15, -0.1) is 10.2 Å². The van der Waals surface area contributed by atoms with Gasteiger partial charge < -0.3 is 24.4 Å². The summed E-state index contributed by atoms with van der Waals surface area (Å²) in [6.07, 6.45) is 0.633. The number of nitrogens with zero attached hydrogens (tertiary/aromatic N) is 3. The van der Waals surface area contributed by atoms with E-state index in [0.29, 0.717) is 31.5 Å². The van der Waals surface area contributed by atoms with Gasteiger partial charge in [0.05, 0.1) is 20.3 Å². The number of methoxy groups -OCH3 is 1. The molecule has 8 heteroatoms. The number of amides is 2. The van der Waals surface area contributed by atoms with E-state index in [0.717, 1.165) is 17.9 Å². The first kappa shape index (κ1) is 17.8. The number of urea groups is 1. The summed E-state index contributed by atoms with van der Waals surface area (Å²) >= 11 is 0. The van der Waals surface area contributed by atoms with Crippen LogP contribution in [0.4, 0.5) is 10.5 Å². The molecule has 3 rings (SSSR count). The lowest BCUT2D eigenvalue weighted by atomic mass is 10.3. The largest absolute Gasteiger partial charge is 0.494 e. The predicted octanol–water partition coefficient (Wildman–Crippen LogP) is 2.57. The molecule has 2 heterocycles. The summed E-state index contributed by atoms with van der Waals surface area (Å²) in [6, 6.07) is 10.5. The van der Waals surface area contributed by atoms with Crippen molar-refractivity contribution in [1.82, 2.24) is 15.1 Å². The van der Waals surface area contributed by atoms with Crippen LogP contribution in [0.5, 0.6) is 17.5 Å². The van der Waals surface area contributed by atoms with Crippen LogP contribution in [0.25, 0.3) is 0 Å². The van der Waals surface area contributed by atoms with E-state index in [2.05, 4.69) is 15.5 Å². The van der Waals surface area contributed by atoms with E-state index in [-0.39, 0.29) is 12.1 Å². The minimum absolute atomic E-state index is 0.108. The predicted molar refractivity (Wildman–Crippen MR) is 95.8 cm³/mol. The summed E-state index contributed by atoms with van der Waals surface area (Å²) in [5.41, 5.74) is 0.726. The molecule has 0 spiro atoms. The summed E-state index contributed by atoms with van der Waals surface area (Å²) < 4.78 is 16.1. The maximum atomic E-state index is 12.4. The van der Waals surface area contributed by atoms with E-state index in [1.54, 1.807) is 17.0 Å². The zero-order chi connectivity index (χ0) is 18.4. The molecular formula is C18H22N4O4. The molecule has 1 aliphatic heterocycles. The first-order chi connectivity index (χ1) is 12.7. The monoisotopic (exact) mass is 358 g/mol. The van der Waals surface area contributed by atoms with Crippen molar-refractivity contribution in [2.24, 2.45) is 0 Å². The lowest BCUT2D eigenvalue weighted by molar-refractivity contribution is 0.188. The van der Waals surface area contributed by atoms with Gasteiger partial charge in [0.25, 0.3) is 0 Å². The van der Waals surface area contributed by atoms with Crippen molar-refractivity contribution in [2.75, 3.05) is 32.1 Å². The van der Waals surface area contributed by atoms with Gasteiger partial charge in [-0.25, -0.2) is 4.79 Å². The van der Waals surface area contributed by atoms with E-state index < -0.39 is 0 Å². The minimum Gasteiger partial charge on any atom is -0.494 e. The van der Waals surface area contributed by atoms with Gasteiger partial charge in [-0.2, -0.15) is 0 Å². The van der Waals surface area contributed by atoms with E-state index in [1.165, 1.54) is 7.11 Å². The Kier molecular flexibility index (Phi) is 5.73. The summed E-state index contributed by atoms with van der Waals surface area (Å²) in [6.45, 7) is 3.66. The van der Waals surface area contributed by atoms with Crippen molar-refractivity contribution in [3.05, 3.63) is 36.4 Å². The van der Waals surface area contributed by atoms with Gasteiger partial charge in [0.2, 0.25) is 11.8 Å². The van der Waals surface area contributed by atoms with Gasteiger partial charge in [-0.1, -0.05) is 0 Å². The average molecular weight is 358 g/mol. The van der Waals surface area contributed by atoms with Crippen LogP contribution in [0, 0.1) is 0 Å². The molecule has 1 aromatic carbocycles. The van der Waals surface area contributed by atoms with Crippen LogP contribution in [0.3, 0.4) is 0 Å². The Morgan fingerprint density at radius 3 is 2.58 bits per heavy atom. The standard InChI is InChI=1S/C18H22N4O4/c1-3-25-14-6-4-13(5-7-14)19-18(23)22-11-10-15(12-22)26-17-9-8-16(24-2)20-21-17/h4-9,15H,3,10-12H2,1-2H3,(H,19,23). The fourth-order valence-electron chi connectivity index (χ4n) is 2.66. The second kappa shape index (κ2) is 8.37. The second-order valence-corrected chi connectivity index (χ2v) is 5.78. The Morgan fingerprint density at radius 2 is 1.92 bits per heavy atom. The Bertz CT molecular complexity index is 721. The Hall–Kier alpha value is -3.03. The quantitative estimate of drug-likeness (QED) is 0.854. The molecular weight excluding hydrogens is 336 g/mol. The van der Waals surface area contributed by atoms with E-state index >= 15 is 0 Å². The fraction of sp³-hybridized carbons (Fsp3) is 0.389. The molecule has 1 saturated heterocycles. The van der Waals surface area contributed by atoms with Crippen LogP contribution >= 0.6 is 0 Å². The first-order valence-corrected chi connectivity index (χ1v) is 8.51. The lowest BCUT2D eigenvalue weighted by Gasteiger charge is -2.17. The first-order valence-electron chi connectivity index (χ1n) is 8.51. The van der Waals surface area contributed by atoms with Gasteiger partial charge in [-0.3, -0.25) is 0 Å². The molecule has 2 aromatic rings.